The van der Waals surface area contributed by atoms with Crippen LogP contribution in [0.15, 0.2) is 109 Å². The molecule has 0 bridgehead atoms. The number of aliphatic hydroxyl groups excluding tert-OH is 2. The number of allylic oxidation sites excluding steroid dienone is 18. The Labute approximate surface area is 413 Å². The Balaban J connectivity index is 4.76. The van der Waals surface area contributed by atoms with Crippen LogP contribution in [-0.2, 0) is 14.3 Å². The largest absolute Gasteiger partial charge is 0.462 e. The molecule has 3 atom stereocenters. The second-order valence-electron chi connectivity index (χ2n) is 18.2. The quantitative estimate of drug-likeness (QED) is 0.0321. The standard InChI is InChI=1S/C61H103NO5/c1-4-7-10-13-16-19-22-25-27-29-30-32-34-36-39-42-45-48-51-54-61(66)67-57(52-49-46-43-40-37-35-33-31-28-26-23-20-17-14-11-8-5-2)55-60(65)62-58(56-63)59(64)53-50-47-44-41-38-24-21-18-15-12-9-6-3/h8,11,16-17,19-20,25-28,30,32-33,35-36,39-40,43,57-59,63-64H,4-7,9-10,12-15,18,21-24,29,31,34,37-38,41-42,44-56H2,1-3H3,(H,62,65)/b11-8-,19-16-,20-17-,27-25-,28-26-,32-30-,35-33-,39-36-,43-40-. The van der Waals surface area contributed by atoms with Crippen molar-refractivity contribution in [1.29, 1.82) is 0 Å². The van der Waals surface area contributed by atoms with Gasteiger partial charge >= 0.3 is 5.97 Å². The fraction of sp³-hybridized carbons (Fsp3) is 0.672. The Morgan fingerprint density at radius 3 is 1.27 bits per heavy atom. The topological polar surface area (TPSA) is 95.9 Å². The molecule has 0 spiro atoms. The molecule has 0 rings (SSSR count). The van der Waals surface area contributed by atoms with Gasteiger partial charge in [-0.05, 0) is 109 Å². The summed E-state index contributed by atoms with van der Waals surface area (Å²) in [4.78, 5) is 26.2. The van der Waals surface area contributed by atoms with Gasteiger partial charge in [-0.15, -0.1) is 0 Å². The molecule has 0 fully saturated rings. The summed E-state index contributed by atoms with van der Waals surface area (Å²) in [7, 11) is 0. The van der Waals surface area contributed by atoms with Crippen LogP contribution in [0.2, 0.25) is 0 Å². The number of ether oxygens (including phenoxy) is 1. The minimum atomic E-state index is -0.815. The highest BCUT2D eigenvalue weighted by Crippen LogP contribution is 2.16. The molecule has 0 aromatic rings. The van der Waals surface area contributed by atoms with Crippen molar-refractivity contribution in [3.8, 4) is 0 Å². The van der Waals surface area contributed by atoms with Gasteiger partial charge in [0.2, 0.25) is 5.91 Å². The molecular formula is C61H103NO5. The molecule has 67 heavy (non-hydrogen) atoms. The average molecular weight is 930 g/mol. The van der Waals surface area contributed by atoms with Crippen LogP contribution < -0.4 is 5.32 Å². The summed E-state index contributed by atoms with van der Waals surface area (Å²) >= 11 is 0. The highest BCUT2D eigenvalue weighted by atomic mass is 16.5. The highest BCUT2D eigenvalue weighted by Gasteiger charge is 2.24. The fourth-order valence-electron chi connectivity index (χ4n) is 7.68. The van der Waals surface area contributed by atoms with Crippen LogP contribution in [-0.4, -0.2) is 46.9 Å². The monoisotopic (exact) mass is 930 g/mol. The summed E-state index contributed by atoms with van der Waals surface area (Å²) in [5.41, 5.74) is 0. The van der Waals surface area contributed by atoms with Crippen LogP contribution in [0, 0.1) is 0 Å². The summed E-state index contributed by atoms with van der Waals surface area (Å²) in [5, 5.41) is 23.8. The predicted molar refractivity (Wildman–Crippen MR) is 291 cm³/mol. The molecule has 3 N–H and O–H groups in total. The zero-order valence-corrected chi connectivity index (χ0v) is 43.5. The summed E-state index contributed by atoms with van der Waals surface area (Å²) < 4.78 is 5.91. The molecule has 6 nitrogen and oxygen atoms in total. The predicted octanol–water partition coefficient (Wildman–Crippen LogP) is 17.1. The van der Waals surface area contributed by atoms with Gasteiger partial charge in [0.05, 0.1) is 25.2 Å². The first-order valence-electron chi connectivity index (χ1n) is 27.6. The minimum absolute atomic E-state index is 0.0191. The van der Waals surface area contributed by atoms with Crippen LogP contribution in [0.25, 0.3) is 0 Å². The summed E-state index contributed by atoms with van der Waals surface area (Å²) in [5.74, 6) is -0.574. The first kappa shape index (κ1) is 63.5. The maximum atomic E-state index is 13.2. The molecule has 6 heteroatoms. The molecule has 0 saturated heterocycles. The van der Waals surface area contributed by atoms with Gasteiger partial charge in [0.15, 0.2) is 0 Å². The second kappa shape index (κ2) is 53.5. The molecule has 0 saturated carbocycles. The lowest BCUT2D eigenvalue weighted by atomic mass is 10.0. The van der Waals surface area contributed by atoms with Crippen LogP contribution in [0.5, 0.6) is 0 Å². The number of carbonyl (C=O) groups is 2. The lowest BCUT2D eigenvalue weighted by molar-refractivity contribution is -0.151. The Morgan fingerprint density at radius 1 is 0.448 bits per heavy atom. The van der Waals surface area contributed by atoms with Crippen molar-refractivity contribution in [1.82, 2.24) is 5.32 Å². The van der Waals surface area contributed by atoms with Gasteiger partial charge < -0.3 is 20.3 Å². The van der Waals surface area contributed by atoms with Gasteiger partial charge in [0.1, 0.15) is 6.10 Å². The Morgan fingerprint density at radius 2 is 0.821 bits per heavy atom. The molecule has 0 aliphatic heterocycles. The van der Waals surface area contributed by atoms with E-state index in [0.717, 1.165) is 109 Å². The average Bonchev–Trinajstić information content (AvgIpc) is 3.32. The van der Waals surface area contributed by atoms with Crippen molar-refractivity contribution in [2.24, 2.45) is 0 Å². The van der Waals surface area contributed by atoms with Crippen molar-refractivity contribution in [2.75, 3.05) is 6.61 Å². The van der Waals surface area contributed by atoms with E-state index in [9.17, 15) is 19.8 Å². The zero-order chi connectivity index (χ0) is 48.8. The van der Waals surface area contributed by atoms with Crippen LogP contribution in [0.4, 0.5) is 0 Å². The molecule has 3 unspecified atom stereocenters. The van der Waals surface area contributed by atoms with Crippen LogP contribution >= 0.6 is 0 Å². The highest BCUT2D eigenvalue weighted by molar-refractivity contribution is 5.77. The van der Waals surface area contributed by atoms with Gasteiger partial charge in [0.25, 0.3) is 0 Å². The normalized spacial score (nSPS) is 14.0. The number of rotatable bonds is 48. The number of amides is 1. The number of hydrogen-bond donors (Lipinski definition) is 3. The number of nitrogens with one attached hydrogen (secondary N) is 1. The summed E-state index contributed by atoms with van der Waals surface area (Å²) in [6.07, 6.45) is 72.9. The maximum absolute atomic E-state index is 13.2. The van der Waals surface area contributed by atoms with Crippen LogP contribution in [0.1, 0.15) is 239 Å². The molecule has 0 aromatic heterocycles. The number of aliphatic hydroxyl groups is 2. The SMILES string of the molecule is CC/C=C\C/C=C\C/C=C\C/C=C\C/C=C\CCCC(CC(=O)NC(CO)C(O)CCCCCCCCCCCCCC)OC(=O)CCCCC/C=C\C/C=C\C/C=C\C/C=C\CCCCC. The van der Waals surface area contributed by atoms with E-state index in [4.69, 9.17) is 4.74 Å². The lowest BCUT2D eigenvalue weighted by Gasteiger charge is -2.24. The third-order valence-electron chi connectivity index (χ3n) is 11.8. The lowest BCUT2D eigenvalue weighted by Crippen LogP contribution is -2.46. The van der Waals surface area contributed by atoms with Crippen molar-refractivity contribution in [3.05, 3.63) is 109 Å². The first-order valence-corrected chi connectivity index (χ1v) is 27.6. The third kappa shape index (κ3) is 48.8. The molecule has 0 aliphatic carbocycles. The third-order valence-corrected chi connectivity index (χ3v) is 11.8. The maximum Gasteiger partial charge on any atom is 0.306 e. The van der Waals surface area contributed by atoms with Crippen molar-refractivity contribution in [2.45, 2.75) is 257 Å². The Kier molecular flexibility index (Phi) is 50.7. The van der Waals surface area contributed by atoms with Gasteiger partial charge in [-0.25, -0.2) is 0 Å². The van der Waals surface area contributed by atoms with Gasteiger partial charge in [-0.2, -0.15) is 0 Å². The van der Waals surface area contributed by atoms with Crippen molar-refractivity contribution < 1.29 is 24.5 Å². The molecule has 0 aliphatic rings. The number of esters is 1. The number of hydrogen-bond acceptors (Lipinski definition) is 5. The van der Waals surface area contributed by atoms with Gasteiger partial charge in [0, 0.05) is 6.42 Å². The van der Waals surface area contributed by atoms with E-state index in [0.29, 0.717) is 19.3 Å². The van der Waals surface area contributed by atoms with E-state index in [1.54, 1.807) is 0 Å². The zero-order valence-electron chi connectivity index (χ0n) is 43.5. The number of unbranched alkanes of at least 4 members (excludes halogenated alkanes) is 18. The Hall–Kier alpha value is -3.48. The molecular weight excluding hydrogens is 827 g/mol. The smallest absolute Gasteiger partial charge is 0.306 e. The fourth-order valence-corrected chi connectivity index (χ4v) is 7.68. The van der Waals surface area contributed by atoms with E-state index in [1.807, 2.05) is 0 Å². The number of carbonyl (C=O) groups excluding carboxylic acids is 2. The van der Waals surface area contributed by atoms with Gasteiger partial charge in [-0.3, -0.25) is 9.59 Å². The molecule has 0 aromatic carbocycles. The van der Waals surface area contributed by atoms with E-state index in [1.165, 1.54) is 83.5 Å². The molecule has 0 heterocycles. The van der Waals surface area contributed by atoms with E-state index < -0.39 is 18.2 Å². The van der Waals surface area contributed by atoms with E-state index >= 15 is 0 Å². The van der Waals surface area contributed by atoms with Crippen molar-refractivity contribution in [3.63, 3.8) is 0 Å². The molecule has 382 valence electrons. The minimum Gasteiger partial charge on any atom is -0.462 e. The van der Waals surface area contributed by atoms with Crippen molar-refractivity contribution >= 4 is 11.9 Å². The molecule has 0 radical (unpaired) electrons. The van der Waals surface area contributed by atoms with E-state index in [2.05, 4.69) is 135 Å². The summed E-state index contributed by atoms with van der Waals surface area (Å²) in [6, 6.07) is -0.734. The summed E-state index contributed by atoms with van der Waals surface area (Å²) in [6.45, 7) is 6.31. The first-order chi connectivity index (χ1) is 33.0. The van der Waals surface area contributed by atoms with E-state index in [-0.39, 0.29) is 24.9 Å². The van der Waals surface area contributed by atoms with Crippen LogP contribution in [0.3, 0.4) is 0 Å². The second-order valence-corrected chi connectivity index (χ2v) is 18.2. The molecule has 1 amide bonds. The Bertz CT molecular complexity index is 1370. The van der Waals surface area contributed by atoms with Gasteiger partial charge in [-0.1, -0.05) is 226 Å².